The van der Waals surface area contributed by atoms with Crippen molar-refractivity contribution in [1.29, 1.82) is 0 Å². The van der Waals surface area contributed by atoms with Crippen molar-refractivity contribution >= 4 is 23.2 Å². The van der Waals surface area contributed by atoms with Gasteiger partial charge in [-0.15, -0.1) is 0 Å². The highest BCUT2D eigenvalue weighted by Gasteiger charge is 2.32. The van der Waals surface area contributed by atoms with Gasteiger partial charge in [-0.2, -0.15) is 0 Å². The number of nitrogens with zero attached hydrogens (tertiary/aromatic N) is 1. The zero-order valence-corrected chi connectivity index (χ0v) is 10.8. The smallest absolute Gasteiger partial charge is 0.251 e. The second-order valence-corrected chi connectivity index (χ2v) is 4.82. The van der Waals surface area contributed by atoms with Crippen molar-refractivity contribution < 1.29 is 4.79 Å². The van der Waals surface area contributed by atoms with Crippen molar-refractivity contribution in [3.8, 4) is 0 Å². The van der Waals surface area contributed by atoms with E-state index in [2.05, 4.69) is 24.4 Å². The molecule has 1 heterocycles. The van der Waals surface area contributed by atoms with Gasteiger partial charge in [-0.05, 0) is 30.6 Å². The number of nitrogens with one attached hydrogen (secondary N) is 1. The van der Waals surface area contributed by atoms with Gasteiger partial charge in [0.15, 0.2) is 5.11 Å². The van der Waals surface area contributed by atoms with Gasteiger partial charge in [0.25, 0.3) is 5.91 Å². The summed E-state index contributed by atoms with van der Waals surface area (Å²) in [4.78, 5) is 13.5. The molecule has 1 fully saturated rings. The van der Waals surface area contributed by atoms with E-state index in [1.807, 2.05) is 25.1 Å². The molecule has 1 aromatic carbocycles. The quantitative estimate of drug-likeness (QED) is 0.829. The molecule has 1 saturated heterocycles. The summed E-state index contributed by atoms with van der Waals surface area (Å²) in [6, 6.07) is 9.97. The minimum atomic E-state index is -0.189. The Labute approximate surface area is 107 Å². The van der Waals surface area contributed by atoms with Gasteiger partial charge in [-0.3, -0.25) is 9.69 Å². The second-order valence-electron chi connectivity index (χ2n) is 4.43. The number of carbonyl (C=O) groups excluding carboxylic acids is 1. The number of amides is 1. The Bertz CT molecular complexity index is 432. The Morgan fingerprint density at radius 3 is 2.59 bits per heavy atom. The fraction of sp³-hybridized carbons (Fsp3) is 0.385. The molecular weight excluding hydrogens is 232 g/mol. The highest BCUT2D eigenvalue weighted by Crippen LogP contribution is 2.18. The van der Waals surface area contributed by atoms with Crippen LogP contribution in [0.1, 0.15) is 25.3 Å². The van der Waals surface area contributed by atoms with Gasteiger partial charge in [0.1, 0.15) is 6.04 Å². The Hall–Kier alpha value is -1.42. The van der Waals surface area contributed by atoms with Crippen LogP contribution in [0.15, 0.2) is 30.3 Å². The fourth-order valence-electron chi connectivity index (χ4n) is 1.99. The molecule has 4 heteroatoms. The lowest BCUT2D eigenvalue weighted by Gasteiger charge is -2.20. The lowest BCUT2D eigenvalue weighted by Crippen LogP contribution is -2.34. The van der Waals surface area contributed by atoms with E-state index in [1.54, 1.807) is 4.90 Å². The average molecular weight is 248 g/mol. The van der Waals surface area contributed by atoms with Gasteiger partial charge >= 0.3 is 0 Å². The molecule has 1 aliphatic rings. The maximum Gasteiger partial charge on any atom is 0.251 e. The number of rotatable bonds is 3. The predicted octanol–water partition coefficient (Wildman–Crippen LogP) is 1.90. The number of benzene rings is 1. The highest BCUT2D eigenvalue weighted by atomic mass is 32.1. The Kier molecular flexibility index (Phi) is 3.43. The van der Waals surface area contributed by atoms with Crippen molar-refractivity contribution in [2.75, 3.05) is 6.54 Å². The van der Waals surface area contributed by atoms with Crippen LogP contribution in [0.4, 0.5) is 0 Å². The number of thiocarbonyl (C=S) groups is 1. The second kappa shape index (κ2) is 4.84. The standard InChI is InChI=1S/C13H16N2OS/c1-9(11-6-4-3-5-7-11)8-15-12(16)10(2)14-13(15)17/h3-7,9-10H,8H2,1-2H3,(H,14,17)/t9-,10-/m1/s1. The Balaban J connectivity index is 2.07. The highest BCUT2D eigenvalue weighted by molar-refractivity contribution is 7.80. The van der Waals surface area contributed by atoms with E-state index in [9.17, 15) is 4.79 Å². The predicted molar refractivity (Wildman–Crippen MR) is 71.8 cm³/mol. The van der Waals surface area contributed by atoms with Crippen molar-refractivity contribution in [1.82, 2.24) is 10.2 Å². The molecule has 1 aromatic rings. The molecule has 0 bridgehead atoms. The van der Waals surface area contributed by atoms with Crippen LogP contribution in [0, 0.1) is 0 Å². The summed E-state index contributed by atoms with van der Waals surface area (Å²) < 4.78 is 0. The normalized spacial score (nSPS) is 21.5. The largest absolute Gasteiger partial charge is 0.351 e. The van der Waals surface area contributed by atoms with E-state index in [1.165, 1.54) is 5.56 Å². The molecule has 0 unspecified atom stereocenters. The number of hydrogen-bond donors (Lipinski definition) is 1. The minimum absolute atomic E-state index is 0.0674. The molecule has 2 rings (SSSR count). The van der Waals surface area contributed by atoms with Crippen LogP contribution in [0.5, 0.6) is 0 Å². The molecule has 1 aliphatic heterocycles. The maximum absolute atomic E-state index is 11.9. The van der Waals surface area contributed by atoms with Crippen LogP contribution in [0.2, 0.25) is 0 Å². The lowest BCUT2D eigenvalue weighted by molar-refractivity contribution is -0.126. The third kappa shape index (κ3) is 2.47. The van der Waals surface area contributed by atoms with E-state index in [-0.39, 0.29) is 17.9 Å². The monoisotopic (exact) mass is 248 g/mol. The third-order valence-corrected chi connectivity index (χ3v) is 3.38. The first-order valence-corrected chi connectivity index (χ1v) is 6.17. The van der Waals surface area contributed by atoms with Crippen molar-refractivity contribution in [3.05, 3.63) is 35.9 Å². The van der Waals surface area contributed by atoms with Crippen LogP contribution in [-0.2, 0) is 4.79 Å². The van der Waals surface area contributed by atoms with Crippen LogP contribution < -0.4 is 5.32 Å². The van der Waals surface area contributed by atoms with Gasteiger partial charge in [-0.25, -0.2) is 0 Å². The van der Waals surface area contributed by atoms with E-state index in [4.69, 9.17) is 12.2 Å². The van der Waals surface area contributed by atoms with Crippen LogP contribution >= 0.6 is 12.2 Å². The first-order valence-electron chi connectivity index (χ1n) is 5.76. The third-order valence-electron chi connectivity index (χ3n) is 3.05. The first kappa shape index (κ1) is 12.0. The minimum Gasteiger partial charge on any atom is -0.351 e. The number of carbonyl (C=O) groups is 1. The molecule has 0 radical (unpaired) electrons. The summed E-state index contributed by atoms with van der Waals surface area (Å²) in [7, 11) is 0. The molecule has 0 spiro atoms. The van der Waals surface area contributed by atoms with Gasteiger partial charge in [0.2, 0.25) is 0 Å². The topological polar surface area (TPSA) is 32.3 Å². The van der Waals surface area contributed by atoms with Gasteiger partial charge < -0.3 is 5.32 Å². The molecule has 0 saturated carbocycles. The molecule has 17 heavy (non-hydrogen) atoms. The molecule has 1 N–H and O–H groups in total. The zero-order valence-electron chi connectivity index (χ0n) is 10.0. The van der Waals surface area contributed by atoms with Crippen molar-refractivity contribution in [2.45, 2.75) is 25.8 Å². The summed E-state index contributed by atoms with van der Waals surface area (Å²) in [5, 5.41) is 3.53. The lowest BCUT2D eigenvalue weighted by atomic mass is 10.0. The van der Waals surface area contributed by atoms with Crippen LogP contribution in [0.3, 0.4) is 0 Å². The fourth-order valence-corrected chi connectivity index (χ4v) is 2.33. The van der Waals surface area contributed by atoms with Crippen molar-refractivity contribution in [2.24, 2.45) is 0 Å². The van der Waals surface area contributed by atoms with E-state index in [0.29, 0.717) is 11.7 Å². The van der Waals surface area contributed by atoms with Gasteiger partial charge in [-0.1, -0.05) is 37.3 Å². The molecule has 3 nitrogen and oxygen atoms in total. The summed E-state index contributed by atoms with van der Waals surface area (Å²) >= 11 is 5.16. The molecular formula is C13H16N2OS. The summed E-state index contributed by atoms with van der Waals surface area (Å²) in [5.74, 6) is 0.350. The number of hydrogen-bond acceptors (Lipinski definition) is 2. The molecule has 0 aromatic heterocycles. The van der Waals surface area contributed by atoms with Crippen LogP contribution in [-0.4, -0.2) is 28.5 Å². The molecule has 2 atom stereocenters. The maximum atomic E-state index is 11.9. The molecule has 90 valence electrons. The molecule has 1 amide bonds. The van der Waals surface area contributed by atoms with Crippen molar-refractivity contribution in [3.63, 3.8) is 0 Å². The molecule has 0 aliphatic carbocycles. The van der Waals surface area contributed by atoms with E-state index in [0.717, 1.165) is 0 Å². The van der Waals surface area contributed by atoms with Crippen LogP contribution in [0.25, 0.3) is 0 Å². The Morgan fingerprint density at radius 2 is 2.06 bits per heavy atom. The summed E-state index contributed by atoms with van der Waals surface area (Å²) in [6.45, 7) is 4.58. The average Bonchev–Trinajstić information content (AvgIpc) is 2.57. The first-order chi connectivity index (χ1) is 8.09. The summed E-state index contributed by atoms with van der Waals surface area (Å²) in [5.41, 5.74) is 1.22. The van der Waals surface area contributed by atoms with E-state index >= 15 is 0 Å². The van der Waals surface area contributed by atoms with Gasteiger partial charge in [0, 0.05) is 6.54 Å². The summed E-state index contributed by atoms with van der Waals surface area (Å²) in [6.07, 6.45) is 0. The zero-order chi connectivity index (χ0) is 12.4. The van der Waals surface area contributed by atoms with Gasteiger partial charge in [0.05, 0.1) is 0 Å². The Morgan fingerprint density at radius 1 is 1.41 bits per heavy atom. The SMILES string of the molecule is C[C@H](CN1C(=O)[C@@H](C)NC1=S)c1ccccc1. The van der Waals surface area contributed by atoms with E-state index < -0.39 is 0 Å².